The van der Waals surface area contributed by atoms with E-state index >= 15 is 0 Å². The zero-order valence-corrected chi connectivity index (χ0v) is 13.1. The minimum absolute atomic E-state index is 0.101. The van der Waals surface area contributed by atoms with Crippen LogP contribution in [-0.4, -0.2) is 21.2 Å². The van der Waals surface area contributed by atoms with Gasteiger partial charge in [0.1, 0.15) is 0 Å². The Balaban J connectivity index is 1.84. The molecule has 1 amide bonds. The average Bonchev–Trinajstić information content (AvgIpc) is 2.81. The van der Waals surface area contributed by atoms with Crippen molar-refractivity contribution in [3.8, 4) is 0 Å². The van der Waals surface area contributed by atoms with Crippen LogP contribution in [0, 0.1) is 0 Å². The van der Waals surface area contributed by atoms with E-state index in [1.807, 2.05) is 17.8 Å². The van der Waals surface area contributed by atoms with Crippen LogP contribution in [0.1, 0.15) is 6.42 Å². The molecule has 1 N–H and O–H groups in total. The molecule has 106 valence electrons. The average molecular weight is 330 g/mol. The molecule has 0 unspecified atom stereocenters. The standard InChI is InChI=1S/C13H13Cl2N3OS/c1-18-7-6-16-13(18)20-8-5-11(19)17-10-4-2-3-9(14)12(10)15/h2-4,6-7H,5,8H2,1H3,(H,17,19). The lowest BCUT2D eigenvalue weighted by Gasteiger charge is -2.08. The van der Waals surface area contributed by atoms with Crippen molar-refractivity contribution in [3.05, 3.63) is 40.6 Å². The molecule has 0 bridgehead atoms. The summed E-state index contributed by atoms with van der Waals surface area (Å²) in [5, 5.41) is 4.42. The van der Waals surface area contributed by atoms with Crippen LogP contribution < -0.4 is 5.32 Å². The lowest BCUT2D eigenvalue weighted by molar-refractivity contribution is -0.115. The smallest absolute Gasteiger partial charge is 0.225 e. The number of amides is 1. The normalized spacial score (nSPS) is 10.6. The number of hydrogen-bond donors (Lipinski definition) is 1. The van der Waals surface area contributed by atoms with Crippen molar-refractivity contribution >= 4 is 46.6 Å². The molecule has 4 nitrogen and oxygen atoms in total. The Hall–Kier alpha value is -1.17. The van der Waals surface area contributed by atoms with Gasteiger partial charge in [0.25, 0.3) is 0 Å². The summed E-state index contributed by atoms with van der Waals surface area (Å²) in [6, 6.07) is 5.14. The van der Waals surface area contributed by atoms with Gasteiger partial charge in [0.05, 0.1) is 15.7 Å². The molecule has 0 fully saturated rings. The third kappa shape index (κ3) is 3.91. The third-order valence-electron chi connectivity index (χ3n) is 2.56. The van der Waals surface area contributed by atoms with Crippen LogP contribution in [0.2, 0.25) is 10.0 Å². The number of carbonyl (C=O) groups excluding carboxylic acids is 1. The number of benzene rings is 1. The molecule has 1 aromatic heterocycles. The van der Waals surface area contributed by atoms with Gasteiger partial charge in [-0.05, 0) is 12.1 Å². The number of aryl methyl sites for hydroxylation is 1. The van der Waals surface area contributed by atoms with Crippen molar-refractivity contribution in [1.82, 2.24) is 9.55 Å². The first-order valence-corrected chi connectivity index (χ1v) is 7.66. The van der Waals surface area contributed by atoms with Gasteiger partial charge in [0, 0.05) is 31.6 Å². The number of thioether (sulfide) groups is 1. The molecule has 0 saturated heterocycles. The Labute approximate surface area is 131 Å². The first-order valence-electron chi connectivity index (χ1n) is 5.92. The fourth-order valence-electron chi connectivity index (χ4n) is 1.54. The number of nitrogens with zero attached hydrogens (tertiary/aromatic N) is 2. The Morgan fingerprint density at radius 1 is 1.45 bits per heavy atom. The van der Waals surface area contributed by atoms with Crippen LogP contribution in [0.25, 0.3) is 0 Å². The lowest BCUT2D eigenvalue weighted by Crippen LogP contribution is -2.12. The van der Waals surface area contributed by atoms with E-state index in [1.165, 1.54) is 11.8 Å². The van der Waals surface area contributed by atoms with E-state index in [0.717, 1.165) is 5.16 Å². The monoisotopic (exact) mass is 329 g/mol. The van der Waals surface area contributed by atoms with Gasteiger partial charge in [-0.1, -0.05) is 41.0 Å². The highest BCUT2D eigenvalue weighted by Gasteiger charge is 2.09. The van der Waals surface area contributed by atoms with Crippen molar-refractivity contribution in [2.75, 3.05) is 11.1 Å². The van der Waals surface area contributed by atoms with E-state index in [9.17, 15) is 4.79 Å². The number of aromatic nitrogens is 2. The summed E-state index contributed by atoms with van der Waals surface area (Å²) in [7, 11) is 1.92. The van der Waals surface area contributed by atoms with Gasteiger partial charge in [-0.3, -0.25) is 4.79 Å². The van der Waals surface area contributed by atoms with Crippen LogP contribution in [0.5, 0.6) is 0 Å². The summed E-state index contributed by atoms with van der Waals surface area (Å²) in [6.07, 6.45) is 3.97. The summed E-state index contributed by atoms with van der Waals surface area (Å²) in [5.41, 5.74) is 0.533. The molecule has 0 spiro atoms. The van der Waals surface area contributed by atoms with E-state index in [2.05, 4.69) is 10.3 Å². The van der Waals surface area contributed by atoms with E-state index < -0.39 is 0 Å². The predicted molar refractivity (Wildman–Crippen MR) is 83.6 cm³/mol. The van der Waals surface area contributed by atoms with Gasteiger partial charge < -0.3 is 9.88 Å². The molecule has 2 rings (SSSR count). The van der Waals surface area contributed by atoms with Crippen molar-refractivity contribution in [3.63, 3.8) is 0 Å². The first-order chi connectivity index (χ1) is 9.58. The fourth-order valence-corrected chi connectivity index (χ4v) is 2.76. The molecule has 0 radical (unpaired) electrons. The van der Waals surface area contributed by atoms with Crippen LogP contribution in [0.15, 0.2) is 35.7 Å². The van der Waals surface area contributed by atoms with Gasteiger partial charge in [-0.2, -0.15) is 0 Å². The largest absolute Gasteiger partial charge is 0.329 e. The molecule has 20 heavy (non-hydrogen) atoms. The Morgan fingerprint density at radius 2 is 2.25 bits per heavy atom. The molecule has 0 aliphatic carbocycles. The Morgan fingerprint density at radius 3 is 2.95 bits per heavy atom. The molecule has 2 aromatic rings. The number of halogens is 2. The van der Waals surface area contributed by atoms with Crippen LogP contribution >= 0.6 is 35.0 Å². The van der Waals surface area contributed by atoms with Gasteiger partial charge in [0.2, 0.25) is 5.91 Å². The van der Waals surface area contributed by atoms with Crippen molar-refractivity contribution in [2.24, 2.45) is 7.05 Å². The van der Waals surface area contributed by atoms with Crippen molar-refractivity contribution < 1.29 is 4.79 Å². The summed E-state index contributed by atoms with van der Waals surface area (Å²) in [4.78, 5) is 16.0. The minimum Gasteiger partial charge on any atom is -0.329 e. The van der Waals surface area contributed by atoms with E-state index in [-0.39, 0.29) is 5.91 Å². The third-order valence-corrected chi connectivity index (χ3v) is 4.44. The van der Waals surface area contributed by atoms with Crippen molar-refractivity contribution in [2.45, 2.75) is 11.6 Å². The molecule has 0 aliphatic rings. The highest BCUT2D eigenvalue weighted by Crippen LogP contribution is 2.29. The first kappa shape index (κ1) is 15.2. The lowest BCUT2D eigenvalue weighted by atomic mass is 10.3. The van der Waals surface area contributed by atoms with E-state index in [0.29, 0.717) is 27.9 Å². The Bertz CT molecular complexity index is 615. The highest BCUT2D eigenvalue weighted by molar-refractivity contribution is 7.99. The van der Waals surface area contributed by atoms with Crippen molar-refractivity contribution in [1.29, 1.82) is 0 Å². The Kier molecular flexibility index (Phi) is 5.34. The molecular formula is C13H13Cl2N3OS. The van der Waals surface area contributed by atoms with Gasteiger partial charge in [0.15, 0.2) is 5.16 Å². The number of carbonyl (C=O) groups is 1. The summed E-state index contributed by atoms with van der Waals surface area (Å²) >= 11 is 13.4. The van der Waals surface area contributed by atoms with E-state index in [4.69, 9.17) is 23.2 Å². The van der Waals surface area contributed by atoms with Crippen LogP contribution in [0.4, 0.5) is 5.69 Å². The quantitative estimate of drug-likeness (QED) is 0.847. The van der Waals surface area contributed by atoms with Crippen LogP contribution in [-0.2, 0) is 11.8 Å². The summed E-state index contributed by atoms with van der Waals surface area (Å²) in [5.74, 6) is 0.547. The van der Waals surface area contributed by atoms with Gasteiger partial charge >= 0.3 is 0 Å². The molecule has 0 aliphatic heterocycles. The molecular weight excluding hydrogens is 317 g/mol. The molecule has 1 heterocycles. The molecule has 0 saturated carbocycles. The minimum atomic E-state index is -0.101. The molecule has 7 heteroatoms. The SMILES string of the molecule is Cn1ccnc1SCCC(=O)Nc1cccc(Cl)c1Cl. The van der Waals surface area contributed by atoms with Crippen LogP contribution in [0.3, 0.4) is 0 Å². The maximum Gasteiger partial charge on any atom is 0.225 e. The fraction of sp³-hybridized carbons (Fsp3) is 0.231. The highest BCUT2D eigenvalue weighted by atomic mass is 35.5. The summed E-state index contributed by atoms with van der Waals surface area (Å²) < 4.78 is 1.91. The predicted octanol–water partition coefficient (Wildman–Crippen LogP) is 3.85. The summed E-state index contributed by atoms with van der Waals surface area (Å²) in [6.45, 7) is 0. The maximum atomic E-state index is 11.8. The van der Waals surface area contributed by atoms with Gasteiger partial charge in [-0.15, -0.1) is 0 Å². The van der Waals surface area contributed by atoms with E-state index in [1.54, 1.807) is 24.4 Å². The second-order valence-electron chi connectivity index (χ2n) is 4.07. The zero-order valence-electron chi connectivity index (χ0n) is 10.8. The maximum absolute atomic E-state index is 11.8. The number of hydrogen-bond acceptors (Lipinski definition) is 3. The second kappa shape index (κ2) is 7.02. The molecule has 0 atom stereocenters. The van der Waals surface area contributed by atoms with Gasteiger partial charge in [-0.25, -0.2) is 4.98 Å². The second-order valence-corrected chi connectivity index (χ2v) is 5.92. The number of nitrogens with one attached hydrogen (secondary N) is 1. The molecule has 1 aromatic carbocycles. The number of anilines is 1. The number of imidazole rings is 1. The zero-order chi connectivity index (χ0) is 14.5. The topological polar surface area (TPSA) is 46.9 Å². The number of rotatable bonds is 5.